The number of thiophene rings is 1. The number of aromatic nitrogens is 2. The summed E-state index contributed by atoms with van der Waals surface area (Å²) < 4.78 is 7.74. The third-order valence-corrected chi connectivity index (χ3v) is 5.98. The van der Waals surface area contributed by atoms with Crippen LogP contribution in [0.3, 0.4) is 0 Å². The van der Waals surface area contributed by atoms with Crippen molar-refractivity contribution >= 4 is 39.1 Å². The van der Waals surface area contributed by atoms with Gasteiger partial charge in [0.2, 0.25) is 5.91 Å². The predicted molar refractivity (Wildman–Crippen MR) is 127 cm³/mol. The van der Waals surface area contributed by atoms with Crippen LogP contribution in [0.1, 0.15) is 22.8 Å². The summed E-state index contributed by atoms with van der Waals surface area (Å²) in [4.78, 5) is 50.9. The Labute approximate surface area is 192 Å². The molecule has 1 N–H and O–H groups in total. The molecule has 2 aromatic carbocycles. The van der Waals surface area contributed by atoms with Gasteiger partial charge in [0.25, 0.3) is 5.56 Å². The molecule has 0 aliphatic heterocycles. The highest BCUT2D eigenvalue weighted by Crippen LogP contribution is 2.18. The van der Waals surface area contributed by atoms with E-state index in [0.29, 0.717) is 27.2 Å². The number of aryl methyl sites for hydroxylation is 1. The van der Waals surface area contributed by atoms with E-state index in [1.165, 1.54) is 15.9 Å². The summed E-state index contributed by atoms with van der Waals surface area (Å²) in [5.74, 6) is -0.885. The van der Waals surface area contributed by atoms with Gasteiger partial charge in [-0.3, -0.25) is 14.2 Å². The molecule has 2 heterocycles. The fraction of sp³-hybridized carbons (Fsp3) is 0.167. The summed E-state index contributed by atoms with van der Waals surface area (Å²) in [7, 11) is 0. The average Bonchev–Trinajstić information content (AvgIpc) is 3.29. The van der Waals surface area contributed by atoms with Crippen LogP contribution < -0.4 is 16.6 Å². The Morgan fingerprint density at radius 1 is 1.03 bits per heavy atom. The Morgan fingerprint density at radius 2 is 1.76 bits per heavy atom. The summed E-state index contributed by atoms with van der Waals surface area (Å²) in [5.41, 5.74) is 1.49. The molecule has 4 aromatic rings. The molecule has 0 radical (unpaired) electrons. The van der Waals surface area contributed by atoms with E-state index in [4.69, 9.17) is 4.74 Å². The van der Waals surface area contributed by atoms with Crippen LogP contribution in [0.4, 0.5) is 5.69 Å². The van der Waals surface area contributed by atoms with Crippen LogP contribution in [0.25, 0.3) is 15.9 Å². The number of carbonyl (C=O) groups is 2. The molecule has 0 spiro atoms. The van der Waals surface area contributed by atoms with Crippen molar-refractivity contribution in [2.45, 2.75) is 20.4 Å². The third kappa shape index (κ3) is 4.35. The van der Waals surface area contributed by atoms with Gasteiger partial charge in [-0.05, 0) is 61.2 Å². The van der Waals surface area contributed by atoms with E-state index in [2.05, 4.69) is 5.32 Å². The standard InChI is InChI=1S/C24H21N3O5S/c1-3-32-23(30)16-8-10-17(11-9-16)25-20(28)14-26-19-12-13-33-21(19)22(29)27(24(26)31)18-7-5-4-6-15(18)2/h4-13H,3,14H2,1-2H3,(H,25,28). The quantitative estimate of drug-likeness (QED) is 0.442. The van der Waals surface area contributed by atoms with Crippen LogP contribution in [0.15, 0.2) is 69.6 Å². The summed E-state index contributed by atoms with van der Waals surface area (Å²) in [6.07, 6.45) is 0. The molecular formula is C24H21N3O5S. The molecule has 0 bridgehead atoms. The van der Waals surface area contributed by atoms with E-state index in [1.54, 1.807) is 54.8 Å². The van der Waals surface area contributed by atoms with E-state index >= 15 is 0 Å². The molecule has 0 atom stereocenters. The number of carbonyl (C=O) groups excluding carboxylic acids is 2. The molecule has 4 rings (SSSR count). The topological polar surface area (TPSA) is 99.4 Å². The minimum atomic E-state index is -0.590. The number of ether oxygens (including phenoxy) is 1. The van der Waals surface area contributed by atoms with Gasteiger partial charge in [-0.2, -0.15) is 0 Å². The summed E-state index contributed by atoms with van der Waals surface area (Å²) >= 11 is 1.22. The molecule has 0 unspecified atom stereocenters. The van der Waals surface area contributed by atoms with Crippen molar-refractivity contribution in [3.8, 4) is 5.69 Å². The molecule has 9 heteroatoms. The van der Waals surface area contributed by atoms with Crippen molar-refractivity contribution in [2.75, 3.05) is 11.9 Å². The minimum absolute atomic E-state index is 0.272. The van der Waals surface area contributed by atoms with E-state index in [9.17, 15) is 19.2 Å². The Hall–Kier alpha value is -3.98. The van der Waals surface area contributed by atoms with Crippen molar-refractivity contribution in [3.05, 3.63) is 91.9 Å². The maximum absolute atomic E-state index is 13.3. The maximum Gasteiger partial charge on any atom is 0.338 e. The number of esters is 1. The van der Waals surface area contributed by atoms with Gasteiger partial charge in [-0.15, -0.1) is 11.3 Å². The molecule has 168 valence electrons. The number of fused-ring (bicyclic) bond motifs is 1. The molecule has 0 aliphatic carbocycles. The van der Waals surface area contributed by atoms with Gasteiger partial charge < -0.3 is 10.1 Å². The van der Waals surface area contributed by atoms with Crippen LogP contribution in [0.5, 0.6) is 0 Å². The molecule has 0 fully saturated rings. The number of hydrogen-bond donors (Lipinski definition) is 1. The SMILES string of the molecule is CCOC(=O)c1ccc(NC(=O)Cn2c(=O)n(-c3ccccc3C)c(=O)c3sccc32)cc1. The monoisotopic (exact) mass is 463 g/mol. The lowest BCUT2D eigenvalue weighted by Crippen LogP contribution is -2.40. The molecule has 0 saturated carbocycles. The zero-order valence-electron chi connectivity index (χ0n) is 18.0. The largest absolute Gasteiger partial charge is 0.462 e. The molecule has 0 saturated heterocycles. The molecule has 8 nitrogen and oxygen atoms in total. The number of amides is 1. The molecule has 33 heavy (non-hydrogen) atoms. The van der Waals surface area contributed by atoms with Crippen LogP contribution in [-0.2, 0) is 16.1 Å². The number of rotatable bonds is 6. The van der Waals surface area contributed by atoms with Crippen LogP contribution in [0.2, 0.25) is 0 Å². The molecule has 0 aliphatic rings. The predicted octanol–water partition coefficient (Wildman–Crippen LogP) is 3.34. The smallest absolute Gasteiger partial charge is 0.338 e. The van der Waals surface area contributed by atoms with Gasteiger partial charge in [0.15, 0.2) is 0 Å². The van der Waals surface area contributed by atoms with E-state index in [0.717, 1.165) is 10.1 Å². The van der Waals surface area contributed by atoms with E-state index in [1.807, 2.05) is 19.1 Å². The van der Waals surface area contributed by atoms with Gasteiger partial charge in [0.05, 0.1) is 23.4 Å². The molecular weight excluding hydrogens is 442 g/mol. The highest BCUT2D eigenvalue weighted by molar-refractivity contribution is 7.17. The minimum Gasteiger partial charge on any atom is -0.462 e. The van der Waals surface area contributed by atoms with Crippen molar-refractivity contribution in [3.63, 3.8) is 0 Å². The Bertz CT molecular complexity index is 1460. The number of benzene rings is 2. The second-order valence-corrected chi connectivity index (χ2v) is 8.19. The first-order chi connectivity index (χ1) is 15.9. The second kappa shape index (κ2) is 9.25. The van der Waals surface area contributed by atoms with E-state index in [-0.39, 0.29) is 13.2 Å². The fourth-order valence-electron chi connectivity index (χ4n) is 3.52. The number of nitrogens with one attached hydrogen (secondary N) is 1. The number of hydrogen-bond acceptors (Lipinski definition) is 6. The molecule has 1 amide bonds. The van der Waals surface area contributed by atoms with Crippen molar-refractivity contribution < 1.29 is 14.3 Å². The lowest BCUT2D eigenvalue weighted by atomic mass is 10.2. The first kappa shape index (κ1) is 22.2. The number of nitrogens with zero attached hydrogens (tertiary/aromatic N) is 2. The van der Waals surface area contributed by atoms with Crippen LogP contribution >= 0.6 is 11.3 Å². The van der Waals surface area contributed by atoms with Crippen LogP contribution in [-0.4, -0.2) is 27.6 Å². The fourth-order valence-corrected chi connectivity index (χ4v) is 4.34. The first-order valence-corrected chi connectivity index (χ1v) is 11.1. The third-order valence-electron chi connectivity index (χ3n) is 5.09. The van der Waals surface area contributed by atoms with Gasteiger partial charge in [0.1, 0.15) is 11.2 Å². The number of para-hydroxylation sites is 1. The van der Waals surface area contributed by atoms with Gasteiger partial charge >= 0.3 is 11.7 Å². The summed E-state index contributed by atoms with van der Waals surface area (Å²) in [5, 5.41) is 4.44. The van der Waals surface area contributed by atoms with Crippen molar-refractivity contribution in [1.29, 1.82) is 0 Å². The molecule has 2 aromatic heterocycles. The second-order valence-electron chi connectivity index (χ2n) is 7.28. The average molecular weight is 464 g/mol. The summed E-state index contributed by atoms with van der Waals surface area (Å²) in [6.45, 7) is 3.53. The van der Waals surface area contributed by atoms with E-state index < -0.39 is 23.1 Å². The number of anilines is 1. The Kier molecular flexibility index (Phi) is 6.23. The zero-order valence-corrected chi connectivity index (χ0v) is 18.8. The Morgan fingerprint density at radius 3 is 2.45 bits per heavy atom. The lowest BCUT2D eigenvalue weighted by Gasteiger charge is -2.14. The normalized spacial score (nSPS) is 10.8. The zero-order chi connectivity index (χ0) is 23.5. The highest BCUT2D eigenvalue weighted by atomic mass is 32.1. The Balaban J connectivity index is 1.67. The maximum atomic E-state index is 13.3. The lowest BCUT2D eigenvalue weighted by molar-refractivity contribution is -0.116. The van der Waals surface area contributed by atoms with Gasteiger partial charge in [-0.1, -0.05) is 18.2 Å². The van der Waals surface area contributed by atoms with Crippen molar-refractivity contribution in [1.82, 2.24) is 9.13 Å². The summed E-state index contributed by atoms with van der Waals surface area (Å²) in [6, 6.07) is 15.0. The van der Waals surface area contributed by atoms with Crippen LogP contribution in [0, 0.1) is 6.92 Å². The van der Waals surface area contributed by atoms with Crippen molar-refractivity contribution in [2.24, 2.45) is 0 Å². The highest BCUT2D eigenvalue weighted by Gasteiger charge is 2.18. The van der Waals surface area contributed by atoms with Gasteiger partial charge in [-0.25, -0.2) is 14.2 Å². The van der Waals surface area contributed by atoms with Gasteiger partial charge in [0, 0.05) is 5.69 Å². The first-order valence-electron chi connectivity index (χ1n) is 10.3.